The summed E-state index contributed by atoms with van der Waals surface area (Å²) in [5.74, 6) is 0.598. The molecule has 1 unspecified atom stereocenters. The van der Waals surface area contributed by atoms with Gasteiger partial charge in [-0.05, 0) is 29.9 Å². The summed E-state index contributed by atoms with van der Waals surface area (Å²) in [4.78, 5) is 2.34. The van der Waals surface area contributed by atoms with E-state index in [-0.39, 0.29) is 0 Å². The van der Waals surface area contributed by atoms with Gasteiger partial charge in [0.2, 0.25) is 0 Å². The maximum atomic E-state index is 9.33. The van der Waals surface area contributed by atoms with E-state index in [0.29, 0.717) is 11.4 Å². The average Bonchev–Trinajstić information content (AvgIpc) is 2.77. The number of hydrogen-bond donors (Lipinski definition) is 2. The molecule has 18 heavy (non-hydrogen) atoms. The number of likely N-dealkylation sites (tertiary alicyclic amines) is 1. The Morgan fingerprint density at radius 1 is 1.39 bits per heavy atom. The maximum absolute atomic E-state index is 9.33. The molecule has 1 heterocycles. The van der Waals surface area contributed by atoms with Gasteiger partial charge in [0, 0.05) is 20.2 Å². The van der Waals surface area contributed by atoms with Crippen molar-refractivity contribution in [3.8, 4) is 0 Å². The number of ether oxygens (including phenoxy) is 1. The second kappa shape index (κ2) is 6.34. The summed E-state index contributed by atoms with van der Waals surface area (Å²) < 4.78 is 5.18. The van der Waals surface area contributed by atoms with Gasteiger partial charge in [-0.1, -0.05) is 24.3 Å². The molecule has 0 saturated carbocycles. The summed E-state index contributed by atoms with van der Waals surface area (Å²) in [6.07, 6.45) is 1.15. The molecule has 4 nitrogen and oxygen atoms in total. The van der Waals surface area contributed by atoms with Crippen molar-refractivity contribution in [1.29, 1.82) is 0 Å². The zero-order valence-corrected chi connectivity index (χ0v) is 10.7. The van der Waals surface area contributed by atoms with Crippen LogP contribution in [0.25, 0.3) is 0 Å². The molecule has 98 valence electrons. The molecule has 0 spiro atoms. The Hall–Kier alpha value is -0.875. The highest BCUT2D eigenvalue weighted by molar-refractivity contribution is 6.59. The van der Waals surface area contributed by atoms with E-state index in [1.54, 1.807) is 13.2 Å². The Balaban J connectivity index is 1.98. The van der Waals surface area contributed by atoms with Crippen molar-refractivity contribution in [3.63, 3.8) is 0 Å². The molecule has 0 radical (unpaired) electrons. The molecule has 1 aromatic rings. The Labute approximate surface area is 108 Å². The predicted octanol–water partition coefficient (Wildman–Crippen LogP) is -0.165. The van der Waals surface area contributed by atoms with E-state index in [0.717, 1.165) is 38.2 Å². The van der Waals surface area contributed by atoms with Crippen LogP contribution in [0, 0.1) is 5.92 Å². The fraction of sp³-hybridized carbons (Fsp3) is 0.538. The SMILES string of the molecule is COCC1CCN(Cc2ccccc2B(O)O)C1. The van der Waals surface area contributed by atoms with Crippen LogP contribution >= 0.6 is 0 Å². The molecule has 1 aliphatic heterocycles. The topological polar surface area (TPSA) is 52.9 Å². The van der Waals surface area contributed by atoms with Crippen molar-refractivity contribution < 1.29 is 14.8 Å². The normalized spacial score (nSPS) is 20.3. The van der Waals surface area contributed by atoms with E-state index in [4.69, 9.17) is 4.74 Å². The molecule has 0 aliphatic carbocycles. The van der Waals surface area contributed by atoms with E-state index < -0.39 is 7.12 Å². The summed E-state index contributed by atoms with van der Waals surface area (Å²) >= 11 is 0. The summed E-state index contributed by atoms with van der Waals surface area (Å²) in [6, 6.07) is 7.49. The van der Waals surface area contributed by atoms with Gasteiger partial charge in [0.05, 0.1) is 6.61 Å². The van der Waals surface area contributed by atoms with Gasteiger partial charge in [-0.25, -0.2) is 0 Å². The minimum absolute atomic E-state index is 0.598. The Morgan fingerprint density at radius 3 is 2.89 bits per heavy atom. The van der Waals surface area contributed by atoms with Gasteiger partial charge >= 0.3 is 7.12 Å². The molecule has 1 fully saturated rings. The quantitative estimate of drug-likeness (QED) is 0.712. The zero-order valence-electron chi connectivity index (χ0n) is 10.7. The lowest BCUT2D eigenvalue weighted by Crippen LogP contribution is -2.35. The van der Waals surface area contributed by atoms with Gasteiger partial charge in [0.1, 0.15) is 0 Å². The van der Waals surface area contributed by atoms with Gasteiger partial charge in [0.15, 0.2) is 0 Å². The Bertz CT molecular complexity index is 386. The fourth-order valence-electron chi connectivity index (χ4n) is 2.60. The van der Waals surface area contributed by atoms with E-state index in [2.05, 4.69) is 4.90 Å². The summed E-state index contributed by atoms with van der Waals surface area (Å²) in [6.45, 7) is 3.64. The first-order chi connectivity index (χ1) is 8.70. The standard InChI is InChI=1S/C13H20BNO3/c1-18-10-11-6-7-15(8-11)9-12-4-2-3-5-13(12)14(16)17/h2-5,11,16-17H,6-10H2,1H3. The summed E-state index contributed by atoms with van der Waals surface area (Å²) in [7, 11) is 0.346. The molecule has 0 bridgehead atoms. The lowest BCUT2D eigenvalue weighted by Gasteiger charge is -2.18. The average molecular weight is 249 g/mol. The molecule has 1 aromatic carbocycles. The highest BCUT2D eigenvalue weighted by Crippen LogP contribution is 2.18. The van der Waals surface area contributed by atoms with E-state index in [1.165, 1.54) is 0 Å². The van der Waals surface area contributed by atoms with Crippen LogP contribution in [0.3, 0.4) is 0 Å². The molecule has 5 heteroatoms. The van der Waals surface area contributed by atoms with Gasteiger partial charge in [-0.15, -0.1) is 0 Å². The minimum Gasteiger partial charge on any atom is -0.423 e. The second-order valence-electron chi connectivity index (χ2n) is 4.92. The van der Waals surface area contributed by atoms with Crippen molar-refractivity contribution >= 4 is 12.6 Å². The highest BCUT2D eigenvalue weighted by Gasteiger charge is 2.24. The summed E-state index contributed by atoms with van der Waals surface area (Å²) in [5, 5.41) is 18.7. The van der Waals surface area contributed by atoms with E-state index in [1.807, 2.05) is 18.2 Å². The third-order valence-electron chi connectivity index (χ3n) is 3.50. The van der Waals surface area contributed by atoms with Gasteiger partial charge < -0.3 is 14.8 Å². The third kappa shape index (κ3) is 3.33. The molecule has 2 N–H and O–H groups in total. The lowest BCUT2D eigenvalue weighted by molar-refractivity contribution is 0.152. The van der Waals surface area contributed by atoms with Crippen molar-refractivity contribution in [3.05, 3.63) is 29.8 Å². The monoisotopic (exact) mass is 249 g/mol. The van der Waals surface area contributed by atoms with Gasteiger partial charge in [0.25, 0.3) is 0 Å². The third-order valence-corrected chi connectivity index (χ3v) is 3.50. The van der Waals surface area contributed by atoms with Gasteiger partial charge in [-0.3, -0.25) is 4.90 Å². The molecule has 0 aromatic heterocycles. The zero-order chi connectivity index (χ0) is 13.0. The molecule has 1 saturated heterocycles. The summed E-state index contributed by atoms with van der Waals surface area (Å²) in [5.41, 5.74) is 1.60. The van der Waals surface area contributed by atoms with Crippen LogP contribution in [-0.2, 0) is 11.3 Å². The maximum Gasteiger partial charge on any atom is 0.488 e. The van der Waals surface area contributed by atoms with Crippen molar-refractivity contribution in [2.24, 2.45) is 5.92 Å². The molecular formula is C13H20BNO3. The molecule has 0 amide bonds. The molecule has 2 rings (SSSR count). The minimum atomic E-state index is -1.39. The first-order valence-electron chi connectivity index (χ1n) is 6.36. The van der Waals surface area contributed by atoms with Crippen molar-refractivity contribution in [2.45, 2.75) is 13.0 Å². The Kier molecular flexibility index (Phi) is 4.77. The lowest BCUT2D eigenvalue weighted by atomic mass is 9.77. The van der Waals surface area contributed by atoms with Crippen LogP contribution in [0.4, 0.5) is 0 Å². The van der Waals surface area contributed by atoms with Crippen LogP contribution in [0.5, 0.6) is 0 Å². The van der Waals surface area contributed by atoms with Crippen LogP contribution < -0.4 is 5.46 Å². The van der Waals surface area contributed by atoms with Crippen LogP contribution in [0.2, 0.25) is 0 Å². The number of nitrogens with zero attached hydrogens (tertiary/aromatic N) is 1. The fourth-order valence-corrected chi connectivity index (χ4v) is 2.60. The number of hydrogen-bond acceptors (Lipinski definition) is 4. The number of rotatable bonds is 5. The number of benzene rings is 1. The molecule has 1 aliphatic rings. The second-order valence-corrected chi connectivity index (χ2v) is 4.92. The largest absolute Gasteiger partial charge is 0.488 e. The first kappa shape index (κ1) is 13.6. The molecule has 1 atom stereocenters. The smallest absolute Gasteiger partial charge is 0.423 e. The van der Waals surface area contributed by atoms with Crippen LogP contribution in [0.15, 0.2) is 24.3 Å². The highest BCUT2D eigenvalue weighted by atomic mass is 16.5. The number of methoxy groups -OCH3 is 1. The molecular weight excluding hydrogens is 229 g/mol. The van der Waals surface area contributed by atoms with Crippen molar-refractivity contribution in [1.82, 2.24) is 4.90 Å². The van der Waals surface area contributed by atoms with Gasteiger partial charge in [-0.2, -0.15) is 0 Å². The van der Waals surface area contributed by atoms with Crippen LogP contribution in [0.1, 0.15) is 12.0 Å². The predicted molar refractivity (Wildman–Crippen MR) is 71.5 cm³/mol. The Morgan fingerprint density at radius 2 is 2.17 bits per heavy atom. The van der Waals surface area contributed by atoms with E-state index in [9.17, 15) is 10.0 Å². The van der Waals surface area contributed by atoms with Crippen molar-refractivity contribution in [2.75, 3.05) is 26.8 Å². The first-order valence-corrected chi connectivity index (χ1v) is 6.36. The van der Waals surface area contributed by atoms with E-state index >= 15 is 0 Å². The van der Waals surface area contributed by atoms with Crippen LogP contribution in [-0.4, -0.2) is 48.9 Å².